The van der Waals surface area contributed by atoms with Gasteiger partial charge in [0.2, 0.25) is 0 Å². The van der Waals surface area contributed by atoms with Gasteiger partial charge in [-0.05, 0) is 30.1 Å². The zero-order valence-electron chi connectivity index (χ0n) is 9.15. The van der Waals surface area contributed by atoms with Gasteiger partial charge in [-0.15, -0.1) is 0 Å². The summed E-state index contributed by atoms with van der Waals surface area (Å²) in [4.78, 5) is 0. The van der Waals surface area contributed by atoms with Crippen LogP contribution < -0.4 is 0 Å². The molecule has 0 heterocycles. The van der Waals surface area contributed by atoms with Crippen LogP contribution >= 0.6 is 0 Å². The summed E-state index contributed by atoms with van der Waals surface area (Å²) in [6.07, 6.45) is 5.10. The van der Waals surface area contributed by atoms with E-state index in [1.165, 1.54) is 12.8 Å². The van der Waals surface area contributed by atoms with E-state index in [-0.39, 0.29) is 0 Å². The highest BCUT2D eigenvalue weighted by atomic mass is 14.3. The lowest BCUT2D eigenvalue weighted by molar-refractivity contribution is 0.249. The van der Waals surface area contributed by atoms with Crippen molar-refractivity contribution in [2.24, 2.45) is 17.3 Å². The molecule has 0 aromatic heterocycles. The lowest BCUT2D eigenvalue weighted by Gasteiger charge is -2.27. The molecular formula is C12H22. The van der Waals surface area contributed by atoms with Crippen molar-refractivity contribution in [2.45, 2.75) is 47.5 Å². The Morgan fingerprint density at radius 1 is 1.33 bits per heavy atom. The molecule has 12 heavy (non-hydrogen) atoms. The molecule has 1 aliphatic rings. The van der Waals surface area contributed by atoms with Crippen LogP contribution in [0.4, 0.5) is 0 Å². The van der Waals surface area contributed by atoms with E-state index >= 15 is 0 Å². The zero-order valence-corrected chi connectivity index (χ0v) is 9.15. The zero-order chi connectivity index (χ0) is 9.35. The molecule has 0 nitrogen and oxygen atoms in total. The van der Waals surface area contributed by atoms with Crippen molar-refractivity contribution >= 4 is 0 Å². The van der Waals surface area contributed by atoms with Crippen molar-refractivity contribution in [2.75, 3.05) is 0 Å². The predicted octanol–water partition coefficient (Wildman–Crippen LogP) is 4.02. The first-order valence-electron chi connectivity index (χ1n) is 5.10. The van der Waals surface area contributed by atoms with Crippen LogP contribution in [0.15, 0.2) is 11.6 Å². The van der Waals surface area contributed by atoms with E-state index in [1.807, 2.05) is 0 Å². The lowest BCUT2D eigenvalue weighted by atomic mass is 9.78. The van der Waals surface area contributed by atoms with Crippen LogP contribution in [0.1, 0.15) is 47.5 Å². The third-order valence-corrected chi connectivity index (χ3v) is 3.11. The third-order valence-electron chi connectivity index (χ3n) is 3.11. The van der Waals surface area contributed by atoms with Gasteiger partial charge < -0.3 is 0 Å². The summed E-state index contributed by atoms with van der Waals surface area (Å²) in [5, 5.41) is 0. The summed E-state index contributed by atoms with van der Waals surface area (Å²) in [6.45, 7) is 11.7. The van der Waals surface area contributed by atoms with Gasteiger partial charge in [-0.2, -0.15) is 0 Å². The van der Waals surface area contributed by atoms with E-state index in [0.717, 1.165) is 11.8 Å². The maximum absolute atomic E-state index is 2.46. The van der Waals surface area contributed by atoms with Crippen molar-refractivity contribution in [1.82, 2.24) is 0 Å². The van der Waals surface area contributed by atoms with Crippen molar-refractivity contribution in [3.63, 3.8) is 0 Å². The fraction of sp³-hybridized carbons (Fsp3) is 0.833. The first kappa shape index (κ1) is 9.83. The van der Waals surface area contributed by atoms with Crippen LogP contribution in [0.5, 0.6) is 0 Å². The van der Waals surface area contributed by atoms with Crippen molar-refractivity contribution < 1.29 is 0 Å². The third kappa shape index (κ3) is 2.12. The lowest BCUT2D eigenvalue weighted by Crippen LogP contribution is -2.17. The molecule has 1 aliphatic carbocycles. The average Bonchev–Trinajstić information content (AvgIpc) is 2.30. The largest absolute Gasteiger partial charge is 0.0848 e. The van der Waals surface area contributed by atoms with Crippen molar-refractivity contribution in [3.8, 4) is 0 Å². The second kappa shape index (κ2) is 3.24. The van der Waals surface area contributed by atoms with Gasteiger partial charge in [-0.3, -0.25) is 0 Å². The number of allylic oxidation sites excluding steroid dienone is 2. The Hall–Kier alpha value is -0.260. The van der Waals surface area contributed by atoms with E-state index in [0.29, 0.717) is 5.41 Å². The molecule has 1 rings (SSSR count). The van der Waals surface area contributed by atoms with Crippen LogP contribution in [0, 0.1) is 17.3 Å². The van der Waals surface area contributed by atoms with E-state index in [1.54, 1.807) is 5.57 Å². The highest BCUT2D eigenvalue weighted by Crippen LogP contribution is 2.40. The van der Waals surface area contributed by atoms with E-state index < -0.39 is 0 Å². The van der Waals surface area contributed by atoms with Gasteiger partial charge in [0.25, 0.3) is 0 Å². The molecule has 0 heteroatoms. The minimum absolute atomic E-state index is 0.493. The fourth-order valence-electron chi connectivity index (χ4n) is 1.88. The molecule has 1 atom stereocenters. The normalized spacial score (nSPS) is 24.8. The molecule has 0 spiro atoms. The van der Waals surface area contributed by atoms with Gasteiger partial charge in [0.05, 0.1) is 0 Å². The number of hydrogen-bond donors (Lipinski definition) is 0. The molecule has 0 amide bonds. The molecule has 0 aromatic rings. The van der Waals surface area contributed by atoms with Crippen LogP contribution in [-0.4, -0.2) is 0 Å². The SMILES string of the molecule is CC(C)C1=CCC(C(C)(C)C)C1. The van der Waals surface area contributed by atoms with Crippen molar-refractivity contribution in [1.29, 1.82) is 0 Å². The van der Waals surface area contributed by atoms with Crippen LogP contribution in [0.2, 0.25) is 0 Å². The second-order valence-electron chi connectivity index (χ2n) is 5.44. The van der Waals surface area contributed by atoms with Crippen LogP contribution in [0.3, 0.4) is 0 Å². The topological polar surface area (TPSA) is 0 Å². The van der Waals surface area contributed by atoms with Crippen molar-refractivity contribution in [3.05, 3.63) is 11.6 Å². The maximum atomic E-state index is 2.46. The summed E-state index contributed by atoms with van der Waals surface area (Å²) < 4.78 is 0. The molecule has 0 saturated heterocycles. The first-order chi connectivity index (χ1) is 5.41. The van der Waals surface area contributed by atoms with E-state index in [9.17, 15) is 0 Å². The molecule has 0 aromatic carbocycles. The Morgan fingerprint density at radius 2 is 1.92 bits per heavy atom. The van der Waals surface area contributed by atoms with Gasteiger partial charge in [0.15, 0.2) is 0 Å². The molecule has 0 bridgehead atoms. The molecule has 0 radical (unpaired) electrons. The summed E-state index contributed by atoms with van der Waals surface area (Å²) in [5.74, 6) is 1.65. The molecule has 70 valence electrons. The molecule has 0 aliphatic heterocycles. The Morgan fingerprint density at radius 3 is 2.17 bits per heavy atom. The van der Waals surface area contributed by atoms with Gasteiger partial charge in [0, 0.05) is 0 Å². The van der Waals surface area contributed by atoms with Gasteiger partial charge >= 0.3 is 0 Å². The Labute approximate surface area is 77.1 Å². The average molecular weight is 166 g/mol. The van der Waals surface area contributed by atoms with Crippen LogP contribution in [0.25, 0.3) is 0 Å². The van der Waals surface area contributed by atoms with Gasteiger partial charge in [-0.25, -0.2) is 0 Å². The molecule has 0 fully saturated rings. The Kier molecular flexibility index (Phi) is 2.65. The molecule has 0 N–H and O–H groups in total. The molecule has 1 unspecified atom stereocenters. The molecule has 0 saturated carbocycles. The highest BCUT2D eigenvalue weighted by molar-refractivity contribution is 5.13. The quantitative estimate of drug-likeness (QED) is 0.516. The molecular weight excluding hydrogens is 144 g/mol. The Balaban J connectivity index is 2.53. The smallest absolute Gasteiger partial charge is 0.0260 e. The standard InChI is InChI=1S/C12H22/c1-9(2)10-6-7-11(8-10)12(3,4)5/h6,9,11H,7-8H2,1-5H3. The summed E-state index contributed by atoms with van der Waals surface area (Å²) >= 11 is 0. The summed E-state index contributed by atoms with van der Waals surface area (Å²) in [5.41, 5.74) is 2.17. The number of hydrogen-bond acceptors (Lipinski definition) is 0. The second-order valence-corrected chi connectivity index (χ2v) is 5.44. The highest BCUT2D eigenvalue weighted by Gasteiger charge is 2.28. The number of rotatable bonds is 1. The minimum atomic E-state index is 0.493. The van der Waals surface area contributed by atoms with Crippen LogP contribution in [-0.2, 0) is 0 Å². The van der Waals surface area contributed by atoms with Gasteiger partial charge in [0.1, 0.15) is 0 Å². The summed E-state index contributed by atoms with van der Waals surface area (Å²) in [7, 11) is 0. The predicted molar refractivity (Wildman–Crippen MR) is 55.1 cm³/mol. The Bertz CT molecular complexity index is 179. The minimum Gasteiger partial charge on any atom is -0.0848 e. The van der Waals surface area contributed by atoms with Gasteiger partial charge in [-0.1, -0.05) is 46.3 Å². The maximum Gasteiger partial charge on any atom is -0.0260 e. The monoisotopic (exact) mass is 166 g/mol. The first-order valence-corrected chi connectivity index (χ1v) is 5.10. The summed E-state index contributed by atoms with van der Waals surface area (Å²) in [6, 6.07) is 0. The fourth-order valence-corrected chi connectivity index (χ4v) is 1.88. The van der Waals surface area contributed by atoms with E-state index in [2.05, 4.69) is 40.7 Å². The van der Waals surface area contributed by atoms with E-state index in [4.69, 9.17) is 0 Å².